The Bertz CT molecular complexity index is 651. The van der Waals surface area contributed by atoms with Gasteiger partial charge >= 0.3 is 24.2 Å². The second-order valence-corrected chi connectivity index (χ2v) is 4.90. The molecule has 1 atom stereocenters. The highest BCUT2D eigenvalue weighted by Gasteiger charge is 2.38. The second-order valence-electron chi connectivity index (χ2n) is 4.90. The van der Waals surface area contributed by atoms with E-state index in [1.807, 2.05) is 6.07 Å². The summed E-state index contributed by atoms with van der Waals surface area (Å²) >= 11 is 0. The number of amides is 2. The van der Waals surface area contributed by atoms with Gasteiger partial charge in [-0.1, -0.05) is 30.3 Å². The van der Waals surface area contributed by atoms with Crippen molar-refractivity contribution in [3.05, 3.63) is 35.9 Å². The fourth-order valence-corrected chi connectivity index (χ4v) is 1.46. The lowest BCUT2D eigenvalue weighted by atomic mass is 10.1. The van der Waals surface area contributed by atoms with Crippen LogP contribution in [0.2, 0.25) is 0 Å². The monoisotopic (exact) mass is 394 g/mol. The number of primary amides is 1. The quantitative estimate of drug-likeness (QED) is 0.542. The largest absolute Gasteiger partial charge is 0.490 e. The molecule has 0 aromatic heterocycles. The van der Waals surface area contributed by atoms with Gasteiger partial charge in [0.1, 0.15) is 12.6 Å². The Labute approximate surface area is 150 Å². The van der Waals surface area contributed by atoms with Crippen molar-refractivity contribution in [3.8, 4) is 0 Å². The van der Waals surface area contributed by atoms with E-state index in [9.17, 15) is 27.6 Å². The van der Waals surface area contributed by atoms with Crippen LogP contribution in [0.3, 0.4) is 0 Å². The van der Waals surface area contributed by atoms with Crippen LogP contribution in [0.15, 0.2) is 30.3 Å². The number of alkyl halides is 3. The molecule has 0 fully saturated rings. The summed E-state index contributed by atoms with van der Waals surface area (Å²) in [7, 11) is 0. The lowest BCUT2D eigenvalue weighted by Gasteiger charge is -2.14. The second kappa shape index (κ2) is 11.3. The molecule has 1 rings (SSSR count). The molecule has 0 aliphatic heterocycles. The number of alkyl carbamates (subject to hydrolysis) is 1. The van der Waals surface area contributed by atoms with E-state index in [1.54, 1.807) is 24.3 Å². The van der Waals surface area contributed by atoms with E-state index in [4.69, 9.17) is 25.5 Å². The number of hydrogen-bond donors (Lipinski definition) is 4. The van der Waals surface area contributed by atoms with Gasteiger partial charge in [-0.3, -0.25) is 9.59 Å². The average Bonchev–Trinajstić information content (AvgIpc) is 2.57. The highest BCUT2D eigenvalue weighted by atomic mass is 19.4. The summed E-state index contributed by atoms with van der Waals surface area (Å²) in [6, 6.07) is 7.94. The Kier molecular flexibility index (Phi) is 9.94. The summed E-state index contributed by atoms with van der Waals surface area (Å²) in [5.74, 6) is -4.63. The number of carboxylic acids is 2. The number of ether oxygens (including phenoxy) is 1. The third kappa shape index (κ3) is 11.8. The van der Waals surface area contributed by atoms with Gasteiger partial charge in [0.25, 0.3) is 0 Å². The number of carbonyl (C=O) groups is 4. The van der Waals surface area contributed by atoms with Gasteiger partial charge in [0.05, 0.1) is 0 Å². The molecule has 2 amide bonds. The number of carboxylic acid groups (broad SMARTS) is 2. The summed E-state index contributed by atoms with van der Waals surface area (Å²) in [5.41, 5.74) is 5.87. The van der Waals surface area contributed by atoms with Crippen LogP contribution in [0.5, 0.6) is 0 Å². The van der Waals surface area contributed by atoms with Crippen molar-refractivity contribution < 1.29 is 47.3 Å². The minimum Gasteiger partial charge on any atom is -0.481 e. The van der Waals surface area contributed by atoms with Crippen LogP contribution in [0.4, 0.5) is 18.0 Å². The Morgan fingerprint density at radius 3 is 2.04 bits per heavy atom. The number of rotatable bonds is 7. The minimum atomic E-state index is -5.08. The molecule has 1 aromatic carbocycles. The third-order valence-corrected chi connectivity index (χ3v) is 2.74. The van der Waals surface area contributed by atoms with Crippen molar-refractivity contribution >= 4 is 23.9 Å². The van der Waals surface area contributed by atoms with Gasteiger partial charge in [0, 0.05) is 6.42 Å². The van der Waals surface area contributed by atoms with E-state index in [0.29, 0.717) is 0 Å². The number of benzene rings is 1. The van der Waals surface area contributed by atoms with Crippen LogP contribution in [0.25, 0.3) is 0 Å². The van der Waals surface area contributed by atoms with E-state index in [2.05, 4.69) is 5.32 Å². The molecular formula is C15H17F3N2O7. The van der Waals surface area contributed by atoms with Crippen LogP contribution in [0.1, 0.15) is 18.4 Å². The normalized spacial score (nSPS) is 11.4. The van der Waals surface area contributed by atoms with Crippen molar-refractivity contribution in [2.45, 2.75) is 31.7 Å². The standard InChI is InChI=1S/C13H16N2O5.C2HF3O2/c14-12(18)10(6-7-11(16)17)15-13(19)20-8-9-4-2-1-3-5-9;3-2(4,5)1(6)7/h1-5,10H,6-8H2,(H2,14,18)(H,15,19)(H,16,17);(H,6,7)/t10-;/m1./s1. The van der Waals surface area contributed by atoms with Crippen LogP contribution < -0.4 is 11.1 Å². The number of hydrogen-bond acceptors (Lipinski definition) is 5. The molecule has 0 saturated carbocycles. The third-order valence-electron chi connectivity index (χ3n) is 2.74. The predicted octanol–water partition coefficient (Wildman–Crippen LogP) is 1.26. The van der Waals surface area contributed by atoms with Gasteiger partial charge in [-0.2, -0.15) is 13.2 Å². The number of carbonyl (C=O) groups excluding carboxylic acids is 2. The van der Waals surface area contributed by atoms with E-state index >= 15 is 0 Å². The maximum absolute atomic E-state index is 11.5. The summed E-state index contributed by atoms with van der Waals surface area (Å²) < 4.78 is 36.6. The molecule has 0 spiro atoms. The molecule has 0 unspecified atom stereocenters. The predicted molar refractivity (Wildman–Crippen MR) is 83.3 cm³/mol. The number of nitrogens with two attached hydrogens (primary N) is 1. The molecule has 0 bridgehead atoms. The van der Waals surface area contributed by atoms with E-state index in [1.165, 1.54) is 0 Å². The molecule has 1 aromatic rings. The zero-order valence-electron chi connectivity index (χ0n) is 13.7. The van der Waals surface area contributed by atoms with Gasteiger partial charge in [0.15, 0.2) is 0 Å². The zero-order valence-corrected chi connectivity index (χ0v) is 13.7. The number of halogens is 3. The lowest BCUT2D eigenvalue weighted by molar-refractivity contribution is -0.192. The first-order valence-corrected chi connectivity index (χ1v) is 7.22. The zero-order chi connectivity index (χ0) is 21.0. The summed E-state index contributed by atoms with van der Waals surface area (Å²) in [4.78, 5) is 41.9. The van der Waals surface area contributed by atoms with Crippen molar-refractivity contribution in [1.29, 1.82) is 0 Å². The maximum atomic E-state index is 11.5. The molecule has 9 nitrogen and oxygen atoms in total. The van der Waals surface area contributed by atoms with Crippen molar-refractivity contribution in [3.63, 3.8) is 0 Å². The molecule has 0 aliphatic rings. The van der Waals surface area contributed by atoms with Crippen molar-refractivity contribution in [1.82, 2.24) is 5.32 Å². The molecule has 0 radical (unpaired) electrons. The molecule has 0 heterocycles. The van der Waals surface area contributed by atoms with Crippen LogP contribution >= 0.6 is 0 Å². The molecule has 27 heavy (non-hydrogen) atoms. The van der Waals surface area contributed by atoms with Crippen LogP contribution in [0, 0.1) is 0 Å². The van der Waals surface area contributed by atoms with Crippen molar-refractivity contribution in [2.75, 3.05) is 0 Å². The minimum absolute atomic E-state index is 0.0527. The fourth-order valence-electron chi connectivity index (χ4n) is 1.46. The highest BCUT2D eigenvalue weighted by Crippen LogP contribution is 2.13. The highest BCUT2D eigenvalue weighted by molar-refractivity contribution is 5.84. The first-order valence-electron chi connectivity index (χ1n) is 7.22. The van der Waals surface area contributed by atoms with Gasteiger partial charge < -0.3 is 26.0 Å². The topological polar surface area (TPSA) is 156 Å². The summed E-state index contributed by atoms with van der Waals surface area (Å²) in [6.45, 7) is 0.0527. The number of nitrogens with one attached hydrogen (secondary N) is 1. The van der Waals surface area contributed by atoms with Gasteiger partial charge in [-0.25, -0.2) is 9.59 Å². The molecular weight excluding hydrogens is 377 g/mol. The van der Waals surface area contributed by atoms with Gasteiger partial charge in [0.2, 0.25) is 5.91 Å². The van der Waals surface area contributed by atoms with Gasteiger partial charge in [-0.15, -0.1) is 0 Å². The Morgan fingerprint density at radius 1 is 1.11 bits per heavy atom. The Morgan fingerprint density at radius 2 is 1.63 bits per heavy atom. The lowest BCUT2D eigenvalue weighted by Crippen LogP contribution is -2.44. The van der Waals surface area contributed by atoms with E-state index < -0.39 is 36.2 Å². The maximum Gasteiger partial charge on any atom is 0.490 e. The van der Waals surface area contributed by atoms with Crippen LogP contribution in [-0.4, -0.2) is 46.4 Å². The smallest absolute Gasteiger partial charge is 0.481 e. The molecule has 0 aliphatic carbocycles. The fraction of sp³-hybridized carbons (Fsp3) is 0.333. The Hall–Kier alpha value is -3.31. The summed E-state index contributed by atoms with van der Waals surface area (Å²) in [6.07, 6.45) is -6.25. The number of aliphatic carboxylic acids is 2. The van der Waals surface area contributed by atoms with E-state index in [-0.39, 0.29) is 19.4 Å². The molecule has 12 heteroatoms. The molecule has 150 valence electrons. The molecule has 5 N–H and O–H groups in total. The van der Waals surface area contributed by atoms with E-state index in [0.717, 1.165) is 5.56 Å². The van der Waals surface area contributed by atoms with Crippen LogP contribution in [-0.2, 0) is 25.7 Å². The first-order chi connectivity index (χ1) is 12.4. The van der Waals surface area contributed by atoms with Crippen molar-refractivity contribution in [2.24, 2.45) is 5.73 Å². The molecule has 0 saturated heterocycles. The van der Waals surface area contributed by atoms with Gasteiger partial charge in [-0.05, 0) is 12.0 Å². The first kappa shape index (κ1) is 23.7. The Balaban J connectivity index is 0.000000821. The average molecular weight is 394 g/mol. The SMILES string of the molecule is NC(=O)[C@@H](CCC(=O)O)NC(=O)OCc1ccccc1.O=C(O)C(F)(F)F. The summed E-state index contributed by atoms with van der Waals surface area (Å²) in [5, 5.41) is 17.9.